The number of hydrogen-bond acceptors (Lipinski definition) is 3. The Balaban J connectivity index is 1.80. The van der Waals surface area contributed by atoms with Crippen molar-refractivity contribution in [1.29, 1.82) is 5.26 Å². The molecule has 0 atom stereocenters. The van der Waals surface area contributed by atoms with Crippen molar-refractivity contribution in [2.24, 2.45) is 11.8 Å². The first-order valence-electron chi connectivity index (χ1n) is 5.70. The molecule has 1 saturated carbocycles. The molecule has 0 aromatic heterocycles. The van der Waals surface area contributed by atoms with Gasteiger partial charge in [-0.15, -0.1) is 0 Å². The Labute approximate surface area is 94.4 Å². The third kappa shape index (κ3) is 2.32. The van der Waals surface area contributed by atoms with Gasteiger partial charge in [-0.3, -0.25) is 14.9 Å². The lowest BCUT2D eigenvalue weighted by Gasteiger charge is -2.30. The van der Waals surface area contributed by atoms with Crippen molar-refractivity contribution in [2.75, 3.05) is 13.1 Å². The minimum Gasteiger partial charge on any atom is -0.342 e. The molecule has 1 aliphatic carbocycles. The van der Waals surface area contributed by atoms with Crippen molar-refractivity contribution in [3.05, 3.63) is 0 Å². The fraction of sp³-hybridized carbons (Fsp3) is 0.727. The topological polar surface area (TPSA) is 73.2 Å². The van der Waals surface area contributed by atoms with Crippen LogP contribution in [0.15, 0.2) is 0 Å². The second-order valence-corrected chi connectivity index (χ2v) is 4.47. The van der Waals surface area contributed by atoms with Crippen LogP contribution < -0.4 is 5.32 Å². The largest absolute Gasteiger partial charge is 0.342 e. The first-order valence-corrected chi connectivity index (χ1v) is 5.70. The van der Waals surface area contributed by atoms with E-state index < -0.39 is 0 Å². The zero-order valence-corrected chi connectivity index (χ0v) is 9.11. The van der Waals surface area contributed by atoms with Gasteiger partial charge in [-0.25, -0.2) is 0 Å². The molecular weight excluding hydrogens is 206 g/mol. The molecule has 0 unspecified atom stereocenters. The van der Waals surface area contributed by atoms with Crippen LogP contribution in [0, 0.1) is 23.3 Å². The summed E-state index contributed by atoms with van der Waals surface area (Å²) < 4.78 is 0. The van der Waals surface area contributed by atoms with Gasteiger partial charge in [0.1, 0.15) is 0 Å². The molecule has 0 bridgehead atoms. The van der Waals surface area contributed by atoms with Gasteiger partial charge in [0.25, 0.3) is 0 Å². The van der Waals surface area contributed by atoms with Gasteiger partial charge >= 0.3 is 0 Å². The van der Waals surface area contributed by atoms with Crippen LogP contribution in [0.2, 0.25) is 0 Å². The maximum absolute atomic E-state index is 11.7. The van der Waals surface area contributed by atoms with E-state index in [0.717, 1.165) is 12.8 Å². The molecule has 1 N–H and O–H groups in total. The number of nitrogens with one attached hydrogen (secondary N) is 1. The van der Waals surface area contributed by atoms with Crippen LogP contribution in [0.5, 0.6) is 0 Å². The molecule has 1 aliphatic heterocycles. The van der Waals surface area contributed by atoms with Crippen LogP contribution >= 0.6 is 0 Å². The zero-order chi connectivity index (χ0) is 11.5. The molecule has 0 aromatic carbocycles. The summed E-state index contributed by atoms with van der Waals surface area (Å²) >= 11 is 0. The average molecular weight is 221 g/mol. The molecule has 2 aliphatic rings. The summed E-state index contributed by atoms with van der Waals surface area (Å²) in [5.41, 5.74) is 0. The second kappa shape index (κ2) is 4.52. The quantitative estimate of drug-likeness (QED) is 0.536. The molecule has 2 fully saturated rings. The number of piperidine rings is 1. The molecule has 1 saturated heterocycles. The van der Waals surface area contributed by atoms with Crippen LogP contribution in [-0.4, -0.2) is 29.8 Å². The highest BCUT2D eigenvalue weighted by Crippen LogP contribution is 2.32. The number of nitrogens with zero attached hydrogens (tertiary/aromatic N) is 2. The Kier molecular flexibility index (Phi) is 3.09. The standard InChI is InChI=1S/C11H15N3O2/c12-7-13-10(15)8-3-5-14(6-4-8)11(16)9-1-2-9/h8-9H,1-6H2,(H,13,15). The van der Waals surface area contributed by atoms with Crippen LogP contribution in [0.25, 0.3) is 0 Å². The molecule has 0 aromatic rings. The van der Waals surface area contributed by atoms with Crippen molar-refractivity contribution in [3.63, 3.8) is 0 Å². The maximum Gasteiger partial charge on any atom is 0.236 e. The highest BCUT2D eigenvalue weighted by Gasteiger charge is 2.35. The van der Waals surface area contributed by atoms with Crippen LogP contribution in [-0.2, 0) is 9.59 Å². The Morgan fingerprint density at radius 2 is 1.75 bits per heavy atom. The van der Waals surface area contributed by atoms with E-state index in [4.69, 9.17) is 5.26 Å². The van der Waals surface area contributed by atoms with Crippen LogP contribution in [0.3, 0.4) is 0 Å². The summed E-state index contributed by atoms with van der Waals surface area (Å²) in [4.78, 5) is 25.0. The molecule has 0 radical (unpaired) electrons. The van der Waals surface area contributed by atoms with Gasteiger partial charge in [0.15, 0.2) is 6.19 Å². The van der Waals surface area contributed by atoms with Crippen LogP contribution in [0.4, 0.5) is 0 Å². The monoisotopic (exact) mass is 221 g/mol. The van der Waals surface area contributed by atoms with Gasteiger partial charge in [0.05, 0.1) is 0 Å². The molecule has 1 heterocycles. The van der Waals surface area contributed by atoms with Crippen molar-refractivity contribution in [3.8, 4) is 6.19 Å². The average Bonchev–Trinajstić information content (AvgIpc) is 3.12. The highest BCUT2D eigenvalue weighted by atomic mass is 16.2. The van der Waals surface area contributed by atoms with E-state index in [1.165, 1.54) is 0 Å². The van der Waals surface area contributed by atoms with Crippen molar-refractivity contribution < 1.29 is 9.59 Å². The second-order valence-electron chi connectivity index (χ2n) is 4.47. The van der Waals surface area contributed by atoms with Gasteiger partial charge in [-0.2, -0.15) is 5.26 Å². The van der Waals surface area contributed by atoms with Crippen molar-refractivity contribution >= 4 is 11.8 Å². The molecule has 2 rings (SSSR count). The van der Waals surface area contributed by atoms with Crippen LogP contribution in [0.1, 0.15) is 25.7 Å². The van der Waals surface area contributed by atoms with Gasteiger partial charge in [0, 0.05) is 24.9 Å². The predicted molar refractivity (Wildman–Crippen MR) is 55.8 cm³/mol. The van der Waals surface area contributed by atoms with Crippen molar-refractivity contribution in [2.45, 2.75) is 25.7 Å². The number of rotatable bonds is 2. The number of carbonyl (C=O) groups is 2. The summed E-state index contributed by atoms with van der Waals surface area (Å²) in [5.74, 6) is 0.188. The van der Waals surface area contributed by atoms with E-state index in [-0.39, 0.29) is 23.7 Å². The smallest absolute Gasteiger partial charge is 0.236 e. The molecule has 0 spiro atoms. The molecular formula is C11H15N3O2. The molecule has 86 valence electrons. The molecule has 2 amide bonds. The zero-order valence-electron chi connectivity index (χ0n) is 9.11. The number of amides is 2. The molecule has 5 nitrogen and oxygen atoms in total. The number of nitriles is 1. The van der Waals surface area contributed by atoms with E-state index in [1.807, 2.05) is 4.90 Å². The number of carbonyl (C=O) groups excluding carboxylic acids is 2. The molecule has 5 heteroatoms. The van der Waals surface area contributed by atoms with Gasteiger partial charge in [-0.05, 0) is 25.7 Å². The fourth-order valence-electron chi connectivity index (χ4n) is 2.11. The third-order valence-electron chi connectivity index (χ3n) is 3.28. The first-order chi connectivity index (χ1) is 7.72. The van der Waals surface area contributed by atoms with Gasteiger partial charge < -0.3 is 4.90 Å². The third-order valence-corrected chi connectivity index (χ3v) is 3.28. The minimum absolute atomic E-state index is 0.108. The lowest BCUT2D eigenvalue weighted by molar-refractivity contribution is -0.136. The SMILES string of the molecule is N#CNC(=O)C1CCN(C(=O)C2CC2)CC1. The van der Waals surface area contributed by atoms with Gasteiger partial charge in [0.2, 0.25) is 11.8 Å². The minimum atomic E-state index is -0.207. The summed E-state index contributed by atoms with van der Waals surface area (Å²) in [7, 11) is 0. The Morgan fingerprint density at radius 3 is 2.25 bits per heavy atom. The fourth-order valence-corrected chi connectivity index (χ4v) is 2.11. The first kappa shape index (κ1) is 10.9. The Hall–Kier alpha value is -1.57. The summed E-state index contributed by atoms with van der Waals surface area (Å²) in [6, 6.07) is 0. The number of hydrogen-bond donors (Lipinski definition) is 1. The summed E-state index contributed by atoms with van der Waals surface area (Å²) in [6.45, 7) is 1.30. The maximum atomic E-state index is 11.7. The predicted octanol–water partition coefficient (Wildman–Crippen LogP) is 0.232. The summed E-state index contributed by atoms with van der Waals surface area (Å²) in [6.07, 6.45) is 5.04. The van der Waals surface area contributed by atoms with E-state index in [9.17, 15) is 9.59 Å². The number of likely N-dealkylation sites (tertiary alicyclic amines) is 1. The van der Waals surface area contributed by atoms with E-state index in [0.29, 0.717) is 25.9 Å². The van der Waals surface area contributed by atoms with E-state index >= 15 is 0 Å². The van der Waals surface area contributed by atoms with Gasteiger partial charge in [-0.1, -0.05) is 0 Å². The van der Waals surface area contributed by atoms with E-state index in [2.05, 4.69) is 5.32 Å². The Bertz CT molecular complexity index is 336. The highest BCUT2D eigenvalue weighted by molar-refractivity contribution is 5.82. The molecule has 16 heavy (non-hydrogen) atoms. The van der Waals surface area contributed by atoms with Crippen molar-refractivity contribution in [1.82, 2.24) is 10.2 Å². The lowest BCUT2D eigenvalue weighted by atomic mass is 9.96. The summed E-state index contributed by atoms with van der Waals surface area (Å²) in [5, 5.41) is 10.5. The normalized spacial score (nSPS) is 21.3. The van der Waals surface area contributed by atoms with E-state index in [1.54, 1.807) is 6.19 Å². The Morgan fingerprint density at radius 1 is 1.12 bits per heavy atom. The lowest BCUT2D eigenvalue weighted by Crippen LogP contribution is -2.42.